The van der Waals surface area contributed by atoms with E-state index < -0.39 is 5.60 Å². The summed E-state index contributed by atoms with van der Waals surface area (Å²) in [5.74, 6) is 1.39. The van der Waals surface area contributed by atoms with Crippen LogP contribution in [-0.2, 0) is 4.79 Å². The Balaban J connectivity index is 1.60. The van der Waals surface area contributed by atoms with E-state index >= 15 is 0 Å². The van der Waals surface area contributed by atoms with Gasteiger partial charge in [-0.2, -0.15) is 9.78 Å². The molecule has 4 aromatic rings. The van der Waals surface area contributed by atoms with E-state index in [1.54, 1.807) is 48.9 Å². The first-order chi connectivity index (χ1) is 14.3. The first-order valence-corrected chi connectivity index (χ1v) is 9.88. The van der Waals surface area contributed by atoms with Crippen LogP contribution in [0, 0.1) is 6.92 Å². The number of anilines is 1. The van der Waals surface area contributed by atoms with Gasteiger partial charge in [0.05, 0.1) is 11.2 Å². The number of hydrogen-bond donors (Lipinski definition) is 1. The van der Waals surface area contributed by atoms with Crippen LogP contribution < -0.4 is 10.1 Å². The van der Waals surface area contributed by atoms with E-state index in [2.05, 4.69) is 15.4 Å². The summed E-state index contributed by atoms with van der Waals surface area (Å²) in [5.41, 5.74) is 0.497. The molecule has 0 radical (unpaired) electrons. The highest BCUT2D eigenvalue weighted by Crippen LogP contribution is 2.24. The van der Waals surface area contributed by atoms with Gasteiger partial charge in [0, 0.05) is 16.5 Å². The normalized spacial score (nSPS) is 11.5. The number of fused-ring (bicyclic) bond motifs is 1. The van der Waals surface area contributed by atoms with Gasteiger partial charge in [-0.25, -0.2) is 4.98 Å². The SMILES string of the molecule is Cc1cc(NC(=O)C(C)(C)Oc2ccc(Cl)cc2)n(-c2ccc3ccccc3n2)n1. The van der Waals surface area contributed by atoms with Gasteiger partial charge in [-0.05, 0) is 63.2 Å². The highest BCUT2D eigenvalue weighted by atomic mass is 35.5. The quantitative estimate of drug-likeness (QED) is 0.483. The molecule has 0 saturated carbocycles. The van der Waals surface area contributed by atoms with Crippen molar-refractivity contribution < 1.29 is 9.53 Å². The van der Waals surface area contributed by atoms with E-state index in [-0.39, 0.29) is 5.91 Å². The van der Waals surface area contributed by atoms with Crippen molar-refractivity contribution >= 4 is 34.2 Å². The van der Waals surface area contributed by atoms with Crippen LogP contribution in [0.25, 0.3) is 16.7 Å². The number of nitrogens with zero attached hydrogens (tertiary/aromatic N) is 3. The van der Waals surface area contributed by atoms with Crippen LogP contribution in [0.15, 0.2) is 66.7 Å². The molecule has 0 saturated heterocycles. The summed E-state index contributed by atoms with van der Waals surface area (Å²) >= 11 is 5.92. The van der Waals surface area contributed by atoms with Crippen molar-refractivity contribution in [1.29, 1.82) is 0 Å². The van der Waals surface area contributed by atoms with Crippen LogP contribution in [0.4, 0.5) is 5.82 Å². The molecule has 2 aromatic heterocycles. The summed E-state index contributed by atoms with van der Waals surface area (Å²) in [6.07, 6.45) is 0. The molecule has 0 atom stereocenters. The molecule has 0 fully saturated rings. The number of para-hydroxylation sites is 1. The maximum atomic E-state index is 13.0. The average Bonchev–Trinajstić information content (AvgIpc) is 3.09. The lowest BCUT2D eigenvalue weighted by Crippen LogP contribution is -2.42. The fraction of sp³-hybridized carbons (Fsp3) is 0.174. The summed E-state index contributed by atoms with van der Waals surface area (Å²) < 4.78 is 7.51. The molecule has 0 unspecified atom stereocenters. The van der Waals surface area contributed by atoms with Gasteiger partial charge in [0.25, 0.3) is 5.91 Å². The maximum absolute atomic E-state index is 13.0. The van der Waals surface area contributed by atoms with Crippen LogP contribution in [-0.4, -0.2) is 26.3 Å². The zero-order valence-corrected chi connectivity index (χ0v) is 17.6. The van der Waals surface area contributed by atoms with E-state index in [0.717, 1.165) is 16.6 Å². The first-order valence-electron chi connectivity index (χ1n) is 9.51. The molecule has 1 N–H and O–H groups in total. The van der Waals surface area contributed by atoms with Crippen molar-refractivity contribution in [3.63, 3.8) is 0 Å². The minimum absolute atomic E-state index is 0.306. The zero-order chi connectivity index (χ0) is 21.3. The molecule has 0 bridgehead atoms. The number of ether oxygens (including phenoxy) is 1. The van der Waals surface area contributed by atoms with Crippen LogP contribution >= 0.6 is 11.6 Å². The van der Waals surface area contributed by atoms with Gasteiger partial charge in [0.15, 0.2) is 11.4 Å². The molecular formula is C23H21ClN4O2. The highest BCUT2D eigenvalue weighted by molar-refractivity contribution is 6.30. The third-order valence-electron chi connectivity index (χ3n) is 4.61. The number of carbonyl (C=O) groups is 1. The lowest BCUT2D eigenvalue weighted by Gasteiger charge is -2.25. The molecule has 2 aromatic carbocycles. The summed E-state index contributed by atoms with van der Waals surface area (Å²) in [7, 11) is 0. The fourth-order valence-electron chi connectivity index (χ4n) is 3.05. The topological polar surface area (TPSA) is 69.0 Å². The van der Waals surface area contributed by atoms with Gasteiger partial charge in [-0.1, -0.05) is 29.8 Å². The molecule has 7 heteroatoms. The van der Waals surface area contributed by atoms with Crippen molar-refractivity contribution in [3.05, 3.63) is 77.4 Å². The Labute approximate surface area is 179 Å². The van der Waals surface area contributed by atoms with Gasteiger partial charge in [0.2, 0.25) is 0 Å². The lowest BCUT2D eigenvalue weighted by atomic mass is 10.1. The second kappa shape index (κ2) is 7.80. The van der Waals surface area contributed by atoms with E-state index in [4.69, 9.17) is 16.3 Å². The molecule has 0 aliphatic carbocycles. The fourth-order valence-corrected chi connectivity index (χ4v) is 3.17. The van der Waals surface area contributed by atoms with Gasteiger partial charge in [-0.15, -0.1) is 0 Å². The van der Waals surface area contributed by atoms with Crippen molar-refractivity contribution in [2.75, 3.05) is 5.32 Å². The van der Waals surface area contributed by atoms with Crippen LogP contribution in [0.2, 0.25) is 5.02 Å². The highest BCUT2D eigenvalue weighted by Gasteiger charge is 2.31. The summed E-state index contributed by atoms with van der Waals surface area (Å²) in [5, 5.41) is 9.06. The Bertz CT molecular complexity index is 1220. The van der Waals surface area contributed by atoms with E-state index in [1.165, 1.54) is 0 Å². The number of aryl methyl sites for hydroxylation is 1. The molecule has 1 amide bonds. The van der Waals surface area contributed by atoms with Crippen LogP contribution in [0.5, 0.6) is 5.75 Å². The Morgan fingerprint density at radius 1 is 1.07 bits per heavy atom. The smallest absolute Gasteiger partial charge is 0.269 e. The number of hydrogen-bond acceptors (Lipinski definition) is 4. The second-order valence-electron chi connectivity index (χ2n) is 7.47. The number of carbonyl (C=O) groups excluding carboxylic acids is 1. The number of nitrogens with one attached hydrogen (secondary N) is 1. The van der Waals surface area contributed by atoms with Gasteiger partial charge < -0.3 is 10.1 Å². The summed E-state index contributed by atoms with van der Waals surface area (Å²) in [6.45, 7) is 5.28. The van der Waals surface area contributed by atoms with E-state index in [0.29, 0.717) is 22.4 Å². The van der Waals surface area contributed by atoms with Crippen molar-refractivity contribution in [2.45, 2.75) is 26.4 Å². The minimum atomic E-state index is -1.12. The van der Waals surface area contributed by atoms with Crippen molar-refractivity contribution in [3.8, 4) is 11.6 Å². The van der Waals surface area contributed by atoms with Crippen LogP contribution in [0.3, 0.4) is 0 Å². The molecule has 0 spiro atoms. The predicted octanol–water partition coefficient (Wildman–Crippen LogP) is 5.18. The molecule has 4 rings (SSSR count). The first kappa shape index (κ1) is 19.9. The summed E-state index contributed by atoms with van der Waals surface area (Å²) in [4.78, 5) is 17.7. The molecular weight excluding hydrogens is 400 g/mol. The molecule has 30 heavy (non-hydrogen) atoms. The Kier molecular flexibility index (Phi) is 5.18. The number of rotatable bonds is 5. The van der Waals surface area contributed by atoms with Gasteiger partial charge in [-0.3, -0.25) is 4.79 Å². The van der Waals surface area contributed by atoms with E-state index in [9.17, 15) is 4.79 Å². The Morgan fingerprint density at radius 3 is 2.57 bits per heavy atom. The minimum Gasteiger partial charge on any atom is -0.478 e. The zero-order valence-electron chi connectivity index (χ0n) is 16.9. The standard InChI is InChI=1S/C23H21ClN4O2/c1-15-14-21(26-22(29)23(2,3)30-18-11-9-17(24)10-12-18)28(27-15)20-13-8-16-6-4-5-7-19(16)25-20/h4-14H,1-3H3,(H,26,29). The maximum Gasteiger partial charge on any atom is 0.269 e. The monoisotopic (exact) mass is 420 g/mol. The van der Waals surface area contributed by atoms with Crippen molar-refractivity contribution in [2.24, 2.45) is 0 Å². The number of aromatic nitrogens is 3. The van der Waals surface area contributed by atoms with Gasteiger partial charge >= 0.3 is 0 Å². The number of halogens is 1. The molecule has 6 nitrogen and oxygen atoms in total. The third kappa shape index (κ3) is 4.14. The predicted molar refractivity (Wildman–Crippen MR) is 118 cm³/mol. The summed E-state index contributed by atoms with van der Waals surface area (Å²) in [6, 6.07) is 20.4. The second-order valence-corrected chi connectivity index (χ2v) is 7.90. The molecule has 0 aliphatic heterocycles. The molecule has 152 valence electrons. The Morgan fingerprint density at radius 2 is 1.80 bits per heavy atom. The number of benzene rings is 2. The molecule has 2 heterocycles. The number of amides is 1. The molecule has 0 aliphatic rings. The average molecular weight is 421 g/mol. The van der Waals surface area contributed by atoms with Crippen LogP contribution in [0.1, 0.15) is 19.5 Å². The van der Waals surface area contributed by atoms with E-state index in [1.807, 2.05) is 43.3 Å². The van der Waals surface area contributed by atoms with Gasteiger partial charge in [0.1, 0.15) is 11.6 Å². The number of pyridine rings is 1. The largest absolute Gasteiger partial charge is 0.478 e. The van der Waals surface area contributed by atoms with Crippen molar-refractivity contribution in [1.82, 2.24) is 14.8 Å². The lowest BCUT2D eigenvalue weighted by molar-refractivity contribution is -0.128. The third-order valence-corrected chi connectivity index (χ3v) is 4.86. The Hall–Kier alpha value is -3.38.